The summed E-state index contributed by atoms with van der Waals surface area (Å²) in [4.78, 5) is 0. The molecule has 0 saturated heterocycles. The number of ether oxygens (including phenoxy) is 2. The second-order valence-electron chi connectivity index (χ2n) is 3.62. The molecule has 1 rings (SSSR count). The van der Waals surface area contributed by atoms with E-state index < -0.39 is 0 Å². The molecule has 0 heterocycles. The lowest BCUT2D eigenvalue weighted by molar-refractivity contribution is 0.135. The van der Waals surface area contributed by atoms with Crippen LogP contribution in [0.3, 0.4) is 0 Å². The van der Waals surface area contributed by atoms with Gasteiger partial charge in [-0.05, 0) is 37.6 Å². The molecule has 0 aromatic heterocycles. The second-order valence-corrected chi connectivity index (χ2v) is 3.62. The first-order valence-electron chi connectivity index (χ1n) is 5.05. The fraction of sp³-hybridized carbons (Fsp3) is 0.500. The molecule has 0 bridgehead atoms. The first-order valence-corrected chi connectivity index (χ1v) is 5.05. The Kier molecular flexibility index (Phi) is 4.56. The van der Waals surface area contributed by atoms with Crippen molar-refractivity contribution in [2.24, 2.45) is 0 Å². The third-order valence-corrected chi connectivity index (χ3v) is 2.20. The van der Waals surface area contributed by atoms with Crippen LogP contribution in [0.25, 0.3) is 0 Å². The predicted octanol–water partition coefficient (Wildman–Crippen LogP) is 2.94. The highest BCUT2D eigenvalue weighted by atomic mass is 19.1. The van der Waals surface area contributed by atoms with Gasteiger partial charge in [0.25, 0.3) is 0 Å². The van der Waals surface area contributed by atoms with Gasteiger partial charge in [0.15, 0.2) is 0 Å². The van der Waals surface area contributed by atoms with Gasteiger partial charge in [-0.1, -0.05) is 0 Å². The summed E-state index contributed by atoms with van der Waals surface area (Å²) in [6.45, 7) is 4.36. The van der Waals surface area contributed by atoms with E-state index in [4.69, 9.17) is 9.47 Å². The van der Waals surface area contributed by atoms with Crippen LogP contribution in [0.1, 0.15) is 18.9 Å². The van der Waals surface area contributed by atoms with Crippen LogP contribution in [-0.4, -0.2) is 19.8 Å². The maximum atomic E-state index is 13.0. The van der Waals surface area contributed by atoms with Crippen LogP contribution < -0.4 is 4.74 Å². The molecule has 0 radical (unpaired) electrons. The smallest absolute Gasteiger partial charge is 0.126 e. The van der Waals surface area contributed by atoms with Crippen molar-refractivity contribution >= 4 is 0 Å². The van der Waals surface area contributed by atoms with Crippen molar-refractivity contribution in [1.82, 2.24) is 0 Å². The molecule has 0 aliphatic carbocycles. The molecule has 1 unspecified atom stereocenters. The fourth-order valence-electron chi connectivity index (χ4n) is 1.27. The Morgan fingerprint density at radius 3 is 2.73 bits per heavy atom. The standard InChI is InChI=1S/C12H17FO2/c1-9-8-11(4-5-12(9)13)15-10(2)6-7-14-3/h4-5,8,10H,6-7H2,1-3H3. The lowest BCUT2D eigenvalue weighted by Crippen LogP contribution is -2.14. The number of halogens is 1. The van der Waals surface area contributed by atoms with E-state index in [1.807, 2.05) is 6.92 Å². The number of hydrogen-bond donors (Lipinski definition) is 0. The van der Waals surface area contributed by atoms with E-state index in [2.05, 4.69) is 0 Å². The summed E-state index contributed by atoms with van der Waals surface area (Å²) in [6.07, 6.45) is 0.905. The number of aryl methyl sites for hydroxylation is 1. The van der Waals surface area contributed by atoms with Gasteiger partial charge in [0, 0.05) is 20.1 Å². The van der Waals surface area contributed by atoms with E-state index in [0.717, 1.165) is 6.42 Å². The lowest BCUT2D eigenvalue weighted by atomic mass is 10.2. The molecule has 0 saturated carbocycles. The van der Waals surface area contributed by atoms with Gasteiger partial charge in [0.1, 0.15) is 11.6 Å². The van der Waals surface area contributed by atoms with Crippen molar-refractivity contribution in [3.05, 3.63) is 29.6 Å². The molecule has 2 nitrogen and oxygen atoms in total. The quantitative estimate of drug-likeness (QED) is 0.747. The van der Waals surface area contributed by atoms with Crippen LogP contribution in [0, 0.1) is 12.7 Å². The van der Waals surface area contributed by atoms with Crippen LogP contribution in [0.15, 0.2) is 18.2 Å². The number of benzene rings is 1. The van der Waals surface area contributed by atoms with Crippen molar-refractivity contribution in [1.29, 1.82) is 0 Å². The van der Waals surface area contributed by atoms with Crippen molar-refractivity contribution in [3.63, 3.8) is 0 Å². The third-order valence-electron chi connectivity index (χ3n) is 2.20. The topological polar surface area (TPSA) is 18.5 Å². The molecule has 0 fully saturated rings. The monoisotopic (exact) mass is 212 g/mol. The lowest BCUT2D eigenvalue weighted by Gasteiger charge is -2.14. The number of hydrogen-bond acceptors (Lipinski definition) is 2. The molecule has 0 aliphatic rings. The molecule has 3 heteroatoms. The van der Waals surface area contributed by atoms with Gasteiger partial charge in [0.2, 0.25) is 0 Å². The Bertz CT molecular complexity index is 312. The molecule has 84 valence electrons. The van der Waals surface area contributed by atoms with E-state index >= 15 is 0 Å². The summed E-state index contributed by atoms with van der Waals surface area (Å²) in [5.41, 5.74) is 0.603. The predicted molar refractivity (Wildman–Crippen MR) is 57.7 cm³/mol. The minimum absolute atomic E-state index is 0.0785. The summed E-state index contributed by atoms with van der Waals surface area (Å²) < 4.78 is 23.5. The van der Waals surface area contributed by atoms with Crippen molar-refractivity contribution in [2.45, 2.75) is 26.4 Å². The van der Waals surface area contributed by atoms with Crippen LogP contribution in [0.2, 0.25) is 0 Å². The van der Waals surface area contributed by atoms with Gasteiger partial charge in [0.05, 0.1) is 6.10 Å². The molecule has 1 atom stereocenters. The zero-order chi connectivity index (χ0) is 11.3. The molecule has 0 aliphatic heterocycles. The minimum Gasteiger partial charge on any atom is -0.491 e. The van der Waals surface area contributed by atoms with Crippen LogP contribution in [0.4, 0.5) is 4.39 Å². The summed E-state index contributed by atoms with van der Waals surface area (Å²) in [7, 11) is 1.66. The van der Waals surface area contributed by atoms with Crippen LogP contribution >= 0.6 is 0 Å². The van der Waals surface area contributed by atoms with Crippen LogP contribution in [0.5, 0.6) is 5.75 Å². The summed E-state index contributed by atoms with van der Waals surface area (Å²) in [6, 6.07) is 4.78. The van der Waals surface area contributed by atoms with Crippen molar-refractivity contribution < 1.29 is 13.9 Å². The van der Waals surface area contributed by atoms with Gasteiger partial charge >= 0.3 is 0 Å². The Balaban J connectivity index is 2.53. The maximum absolute atomic E-state index is 13.0. The minimum atomic E-state index is -0.202. The highest BCUT2D eigenvalue weighted by molar-refractivity contribution is 5.28. The SMILES string of the molecule is COCCC(C)Oc1ccc(F)c(C)c1. The maximum Gasteiger partial charge on any atom is 0.126 e. The summed E-state index contributed by atoms with van der Waals surface area (Å²) in [5.74, 6) is 0.504. The highest BCUT2D eigenvalue weighted by Gasteiger charge is 2.05. The summed E-state index contributed by atoms with van der Waals surface area (Å²) >= 11 is 0. The van der Waals surface area contributed by atoms with Gasteiger partial charge in [-0.2, -0.15) is 0 Å². The third kappa shape index (κ3) is 3.88. The first-order chi connectivity index (χ1) is 7.13. The molecule has 1 aromatic carbocycles. The summed E-state index contributed by atoms with van der Waals surface area (Å²) in [5, 5.41) is 0. The fourth-order valence-corrected chi connectivity index (χ4v) is 1.27. The Morgan fingerprint density at radius 2 is 2.13 bits per heavy atom. The van der Waals surface area contributed by atoms with E-state index in [1.165, 1.54) is 6.07 Å². The molecule has 0 spiro atoms. The van der Waals surface area contributed by atoms with Crippen LogP contribution in [-0.2, 0) is 4.74 Å². The average molecular weight is 212 g/mol. The number of methoxy groups -OCH3 is 1. The van der Waals surface area contributed by atoms with Crippen molar-refractivity contribution in [2.75, 3.05) is 13.7 Å². The normalized spacial score (nSPS) is 12.5. The second kappa shape index (κ2) is 5.71. The Hall–Kier alpha value is -1.09. The zero-order valence-electron chi connectivity index (χ0n) is 9.42. The zero-order valence-corrected chi connectivity index (χ0v) is 9.42. The van der Waals surface area contributed by atoms with E-state index in [1.54, 1.807) is 26.2 Å². The van der Waals surface area contributed by atoms with Gasteiger partial charge in [-0.15, -0.1) is 0 Å². The van der Waals surface area contributed by atoms with E-state index in [0.29, 0.717) is 17.9 Å². The molecule has 1 aromatic rings. The molecular weight excluding hydrogens is 195 g/mol. The average Bonchev–Trinajstić information content (AvgIpc) is 2.20. The van der Waals surface area contributed by atoms with Gasteiger partial charge in [-0.25, -0.2) is 4.39 Å². The number of rotatable bonds is 5. The van der Waals surface area contributed by atoms with Crippen molar-refractivity contribution in [3.8, 4) is 5.75 Å². The largest absolute Gasteiger partial charge is 0.491 e. The van der Waals surface area contributed by atoms with Gasteiger partial charge < -0.3 is 9.47 Å². The van der Waals surface area contributed by atoms with E-state index in [9.17, 15) is 4.39 Å². The Labute approximate surface area is 90.0 Å². The molecule has 0 amide bonds. The molecular formula is C12H17FO2. The van der Waals surface area contributed by atoms with Gasteiger partial charge in [-0.3, -0.25) is 0 Å². The molecule has 0 N–H and O–H groups in total. The highest BCUT2D eigenvalue weighted by Crippen LogP contribution is 2.17. The molecule has 15 heavy (non-hydrogen) atoms. The Morgan fingerprint density at radius 1 is 1.40 bits per heavy atom. The van der Waals surface area contributed by atoms with E-state index in [-0.39, 0.29) is 11.9 Å². The first kappa shape index (κ1) is 12.0.